The van der Waals surface area contributed by atoms with Crippen LogP contribution in [0, 0.1) is 0 Å². The SMILES string of the molecule is NCc1nc(Cc2ccccc2)c(-c2ccccc2)s1. The van der Waals surface area contributed by atoms with E-state index in [0.29, 0.717) is 6.54 Å². The summed E-state index contributed by atoms with van der Waals surface area (Å²) in [5, 5.41) is 0.995. The maximum Gasteiger partial charge on any atom is 0.107 e. The molecule has 0 saturated heterocycles. The van der Waals surface area contributed by atoms with Crippen molar-refractivity contribution in [3.63, 3.8) is 0 Å². The molecule has 2 nitrogen and oxygen atoms in total. The van der Waals surface area contributed by atoms with Crippen LogP contribution in [0.1, 0.15) is 16.3 Å². The van der Waals surface area contributed by atoms with Gasteiger partial charge in [-0.3, -0.25) is 0 Å². The molecule has 2 N–H and O–H groups in total. The van der Waals surface area contributed by atoms with E-state index in [2.05, 4.69) is 48.5 Å². The first-order valence-corrected chi connectivity index (χ1v) is 7.46. The van der Waals surface area contributed by atoms with E-state index in [1.54, 1.807) is 11.3 Å². The van der Waals surface area contributed by atoms with Gasteiger partial charge in [0.05, 0.1) is 10.6 Å². The van der Waals surface area contributed by atoms with Crippen LogP contribution >= 0.6 is 11.3 Å². The molecule has 0 aliphatic heterocycles. The molecule has 3 heteroatoms. The molecule has 0 saturated carbocycles. The Morgan fingerprint density at radius 2 is 1.55 bits per heavy atom. The minimum absolute atomic E-state index is 0.499. The van der Waals surface area contributed by atoms with Crippen molar-refractivity contribution in [2.75, 3.05) is 0 Å². The highest BCUT2D eigenvalue weighted by Crippen LogP contribution is 2.31. The Bertz CT molecular complexity index is 675. The second-order valence-corrected chi connectivity index (χ2v) is 5.70. The van der Waals surface area contributed by atoms with Gasteiger partial charge in [-0.1, -0.05) is 60.7 Å². The number of rotatable bonds is 4. The zero-order chi connectivity index (χ0) is 13.8. The third-order valence-electron chi connectivity index (χ3n) is 3.17. The van der Waals surface area contributed by atoms with Crippen LogP contribution in [0.25, 0.3) is 10.4 Å². The molecule has 0 amide bonds. The van der Waals surface area contributed by atoms with E-state index in [0.717, 1.165) is 17.1 Å². The van der Waals surface area contributed by atoms with Gasteiger partial charge in [0.2, 0.25) is 0 Å². The summed E-state index contributed by atoms with van der Waals surface area (Å²) in [5.41, 5.74) is 9.36. The Morgan fingerprint density at radius 3 is 2.20 bits per heavy atom. The Kier molecular flexibility index (Phi) is 3.90. The highest BCUT2D eigenvalue weighted by molar-refractivity contribution is 7.15. The molecule has 0 unspecified atom stereocenters. The molecule has 0 spiro atoms. The maximum atomic E-state index is 5.75. The van der Waals surface area contributed by atoms with Gasteiger partial charge >= 0.3 is 0 Å². The van der Waals surface area contributed by atoms with Crippen molar-refractivity contribution in [1.29, 1.82) is 0 Å². The van der Waals surface area contributed by atoms with Gasteiger partial charge in [-0.2, -0.15) is 0 Å². The summed E-state index contributed by atoms with van der Waals surface area (Å²) in [4.78, 5) is 5.93. The van der Waals surface area contributed by atoms with Crippen molar-refractivity contribution >= 4 is 11.3 Å². The van der Waals surface area contributed by atoms with E-state index in [9.17, 15) is 0 Å². The zero-order valence-corrected chi connectivity index (χ0v) is 11.9. The predicted molar refractivity (Wildman–Crippen MR) is 84.7 cm³/mol. The van der Waals surface area contributed by atoms with Crippen molar-refractivity contribution in [2.45, 2.75) is 13.0 Å². The number of nitrogens with two attached hydrogens (primary N) is 1. The van der Waals surface area contributed by atoms with Crippen molar-refractivity contribution in [1.82, 2.24) is 4.98 Å². The number of thiazole rings is 1. The van der Waals surface area contributed by atoms with Crippen LogP contribution in [0.2, 0.25) is 0 Å². The number of benzene rings is 2. The van der Waals surface area contributed by atoms with Crippen LogP contribution in [-0.4, -0.2) is 4.98 Å². The second kappa shape index (κ2) is 5.99. The normalized spacial score (nSPS) is 10.7. The lowest BCUT2D eigenvalue weighted by Crippen LogP contribution is -1.96. The van der Waals surface area contributed by atoms with E-state index in [4.69, 9.17) is 10.7 Å². The summed E-state index contributed by atoms with van der Waals surface area (Å²) >= 11 is 1.70. The summed E-state index contributed by atoms with van der Waals surface area (Å²) in [6.45, 7) is 0.499. The molecular weight excluding hydrogens is 264 g/mol. The van der Waals surface area contributed by atoms with Crippen LogP contribution in [0.5, 0.6) is 0 Å². The molecule has 0 fully saturated rings. The fourth-order valence-corrected chi connectivity index (χ4v) is 3.18. The van der Waals surface area contributed by atoms with Gasteiger partial charge in [-0.05, 0) is 11.1 Å². The number of aromatic nitrogens is 1. The average Bonchev–Trinajstić information content (AvgIpc) is 2.92. The van der Waals surface area contributed by atoms with Crippen molar-refractivity contribution < 1.29 is 0 Å². The maximum absolute atomic E-state index is 5.75. The van der Waals surface area contributed by atoms with Crippen LogP contribution in [-0.2, 0) is 13.0 Å². The monoisotopic (exact) mass is 280 g/mol. The van der Waals surface area contributed by atoms with Gasteiger partial charge in [0.1, 0.15) is 5.01 Å². The lowest BCUT2D eigenvalue weighted by molar-refractivity contribution is 0.996. The molecule has 1 aromatic heterocycles. The Hall–Kier alpha value is -1.97. The van der Waals surface area contributed by atoms with Crippen LogP contribution in [0.15, 0.2) is 60.7 Å². The Balaban J connectivity index is 2.00. The molecule has 100 valence electrons. The summed E-state index contributed by atoms with van der Waals surface area (Å²) in [7, 11) is 0. The average molecular weight is 280 g/mol. The van der Waals surface area contributed by atoms with E-state index < -0.39 is 0 Å². The Labute approximate surface area is 122 Å². The number of hydrogen-bond acceptors (Lipinski definition) is 3. The lowest BCUT2D eigenvalue weighted by atomic mass is 10.1. The molecule has 0 aliphatic carbocycles. The van der Waals surface area contributed by atoms with Gasteiger partial charge in [0.15, 0.2) is 0 Å². The number of nitrogens with zero attached hydrogens (tertiary/aromatic N) is 1. The summed E-state index contributed by atoms with van der Waals surface area (Å²) in [6, 6.07) is 20.8. The smallest absolute Gasteiger partial charge is 0.107 e. The molecule has 3 rings (SSSR count). The van der Waals surface area contributed by atoms with Gasteiger partial charge in [-0.25, -0.2) is 4.98 Å². The first-order valence-electron chi connectivity index (χ1n) is 6.65. The van der Waals surface area contributed by atoms with Gasteiger partial charge in [0, 0.05) is 13.0 Å². The fourth-order valence-electron chi connectivity index (χ4n) is 2.21. The molecule has 0 radical (unpaired) electrons. The Morgan fingerprint density at radius 1 is 0.900 bits per heavy atom. The molecule has 1 heterocycles. The van der Waals surface area contributed by atoms with Crippen LogP contribution in [0.4, 0.5) is 0 Å². The largest absolute Gasteiger partial charge is 0.325 e. The molecule has 0 aliphatic rings. The molecule has 0 atom stereocenters. The summed E-state index contributed by atoms with van der Waals surface area (Å²) in [5.74, 6) is 0. The molecule has 3 aromatic rings. The van der Waals surface area contributed by atoms with Crippen LogP contribution in [0.3, 0.4) is 0 Å². The topological polar surface area (TPSA) is 38.9 Å². The highest BCUT2D eigenvalue weighted by atomic mass is 32.1. The summed E-state index contributed by atoms with van der Waals surface area (Å²) in [6.07, 6.45) is 0.849. The lowest BCUT2D eigenvalue weighted by Gasteiger charge is -2.02. The first-order chi connectivity index (χ1) is 9.86. The van der Waals surface area contributed by atoms with Crippen molar-refractivity contribution in [2.24, 2.45) is 5.73 Å². The summed E-state index contributed by atoms with van der Waals surface area (Å²) < 4.78 is 0. The fraction of sp³-hybridized carbons (Fsp3) is 0.118. The minimum Gasteiger partial charge on any atom is -0.325 e. The van der Waals surface area contributed by atoms with Gasteiger partial charge < -0.3 is 5.73 Å². The van der Waals surface area contributed by atoms with Crippen molar-refractivity contribution in [3.8, 4) is 10.4 Å². The highest BCUT2D eigenvalue weighted by Gasteiger charge is 2.12. The number of hydrogen-bond donors (Lipinski definition) is 1. The standard InChI is InChI=1S/C17H16N2S/c18-12-16-19-15(11-13-7-3-1-4-8-13)17(20-16)14-9-5-2-6-10-14/h1-10H,11-12,18H2. The van der Waals surface area contributed by atoms with Gasteiger partial charge in [0.25, 0.3) is 0 Å². The third-order valence-corrected chi connectivity index (χ3v) is 4.34. The third kappa shape index (κ3) is 2.79. The van der Waals surface area contributed by atoms with Gasteiger partial charge in [-0.15, -0.1) is 11.3 Å². The van der Waals surface area contributed by atoms with Crippen molar-refractivity contribution in [3.05, 3.63) is 76.9 Å². The second-order valence-electron chi connectivity index (χ2n) is 4.62. The first kappa shape index (κ1) is 13.0. The van der Waals surface area contributed by atoms with E-state index in [1.165, 1.54) is 16.0 Å². The molecule has 2 aromatic carbocycles. The van der Waals surface area contributed by atoms with Crippen LogP contribution < -0.4 is 5.73 Å². The van der Waals surface area contributed by atoms with E-state index in [1.807, 2.05) is 12.1 Å². The van der Waals surface area contributed by atoms with E-state index >= 15 is 0 Å². The zero-order valence-electron chi connectivity index (χ0n) is 11.1. The molecule has 20 heavy (non-hydrogen) atoms. The predicted octanol–water partition coefficient (Wildman–Crippen LogP) is 3.86. The molecule has 0 bridgehead atoms. The minimum atomic E-state index is 0.499. The van der Waals surface area contributed by atoms with E-state index in [-0.39, 0.29) is 0 Å². The molecular formula is C17H16N2S. The quantitative estimate of drug-likeness (QED) is 0.788.